The van der Waals surface area contributed by atoms with Gasteiger partial charge in [0.1, 0.15) is 5.60 Å². The Morgan fingerprint density at radius 1 is 1.03 bits per heavy atom. The van der Waals surface area contributed by atoms with E-state index in [2.05, 4.69) is 32.7 Å². The van der Waals surface area contributed by atoms with E-state index in [-0.39, 0.29) is 5.91 Å². The summed E-state index contributed by atoms with van der Waals surface area (Å²) in [4.78, 5) is 13.2. The van der Waals surface area contributed by atoms with Gasteiger partial charge in [0, 0.05) is 47.1 Å². The molecule has 1 fully saturated rings. The molecule has 0 aliphatic carbocycles. The molecule has 172 valence electrons. The molecule has 0 unspecified atom stereocenters. The van der Waals surface area contributed by atoms with Gasteiger partial charge in [0.05, 0.1) is 35.3 Å². The van der Waals surface area contributed by atoms with Gasteiger partial charge >= 0.3 is 0 Å². The van der Waals surface area contributed by atoms with Crippen molar-refractivity contribution in [3.05, 3.63) is 59.7 Å². The average molecular weight is 456 g/mol. The number of fused-ring (bicyclic) bond motifs is 10. The lowest BCUT2D eigenvalue weighted by Gasteiger charge is -2.39. The minimum atomic E-state index is -1.45. The molecule has 2 atom stereocenters. The van der Waals surface area contributed by atoms with E-state index in [1.165, 1.54) is 0 Å². The summed E-state index contributed by atoms with van der Waals surface area (Å²) in [6, 6.07) is 16.1. The number of aromatic nitrogens is 2. The Morgan fingerprint density at radius 3 is 2.44 bits per heavy atom. The molecule has 0 radical (unpaired) electrons. The van der Waals surface area contributed by atoms with E-state index in [0.29, 0.717) is 19.6 Å². The van der Waals surface area contributed by atoms with Crippen molar-refractivity contribution in [1.82, 2.24) is 14.5 Å². The molecule has 1 amide bonds. The number of benzene rings is 3. The maximum Gasteiger partial charge on any atom is 0.252 e. The predicted molar refractivity (Wildman–Crippen MR) is 131 cm³/mol. The fourth-order valence-corrected chi connectivity index (χ4v) is 6.38. The highest BCUT2D eigenvalue weighted by Gasteiger charge is 2.55. The fourth-order valence-electron chi connectivity index (χ4n) is 6.38. The van der Waals surface area contributed by atoms with Crippen LogP contribution in [0, 0.1) is 0 Å². The monoisotopic (exact) mass is 455 g/mol. The molecule has 7 heteroatoms. The van der Waals surface area contributed by atoms with Gasteiger partial charge in [-0.3, -0.25) is 4.79 Å². The summed E-state index contributed by atoms with van der Waals surface area (Å²) in [6.07, 6.45) is 0.331. The molecule has 2 aliphatic heterocycles. The first-order valence-electron chi connectivity index (χ1n) is 11.6. The topological polar surface area (TPSA) is 88.7 Å². The lowest BCUT2D eigenvalue weighted by Crippen LogP contribution is -2.53. The number of nitrogens with one attached hydrogen (secondary N) is 1. The Kier molecular flexibility index (Phi) is 3.76. The molecule has 34 heavy (non-hydrogen) atoms. The van der Waals surface area contributed by atoms with Gasteiger partial charge in [-0.25, -0.2) is 0 Å². The molecule has 1 saturated heterocycles. The number of rotatable bonds is 2. The van der Waals surface area contributed by atoms with Crippen molar-refractivity contribution in [2.45, 2.75) is 31.2 Å². The fraction of sp³-hybridized carbons (Fsp3) is 0.296. The van der Waals surface area contributed by atoms with Gasteiger partial charge in [-0.15, -0.1) is 0 Å². The van der Waals surface area contributed by atoms with Crippen molar-refractivity contribution in [2.24, 2.45) is 7.05 Å². The van der Waals surface area contributed by atoms with E-state index >= 15 is 0 Å². The van der Waals surface area contributed by atoms with Gasteiger partial charge in [-0.1, -0.05) is 36.4 Å². The van der Waals surface area contributed by atoms with Gasteiger partial charge in [-0.2, -0.15) is 0 Å². The van der Waals surface area contributed by atoms with Gasteiger partial charge in [0.25, 0.3) is 5.91 Å². The van der Waals surface area contributed by atoms with Crippen molar-refractivity contribution in [3.63, 3.8) is 0 Å². The zero-order chi connectivity index (χ0) is 23.4. The number of carbonyl (C=O) groups excluding carboxylic acids is 1. The zero-order valence-corrected chi connectivity index (χ0v) is 19.1. The smallest absolute Gasteiger partial charge is 0.252 e. The van der Waals surface area contributed by atoms with Crippen LogP contribution >= 0.6 is 0 Å². The number of hydrogen-bond acceptors (Lipinski definition) is 4. The van der Waals surface area contributed by atoms with Gasteiger partial charge < -0.3 is 29.4 Å². The Morgan fingerprint density at radius 2 is 1.71 bits per heavy atom. The van der Waals surface area contributed by atoms with Gasteiger partial charge in [0.2, 0.25) is 0 Å². The summed E-state index contributed by atoms with van der Waals surface area (Å²) in [5.74, 6) is -0.0646. The predicted octanol–water partition coefficient (Wildman–Crippen LogP) is 3.50. The Balaban J connectivity index is 1.83. The normalized spacial score (nSPS) is 24.6. The van der Waals surface area contributed by atoms with Crippen LogP contribution in [0.5, 0.6) is 0 Å². The van der Waals surface area contributed by atoms with Gasteiger partial charge in [-0.05, 0) is 24.6 Å². The number of aliphatic hydroxyl groups excluding tert-OH is 1. The van der Waals surface area contributed by atoms with Crippen LogP contribution in [0.1, 0.15) is 29.3 Å². The highest BCUT2D eigenvalue weighted by Crippen LogP contribution is 2.50. The van der Waals surface area contributed by atoms with Crippen molar-refractivity contribution in [2.75, 3.05) is 13.2 Å². The van der Waals surface area contributed by atoms with Crippen LogP contribution in [0.25, 0.3) is 43.6 Å². The van der Waals surface area contributed by atoms with E-state index in [0.717, 1.165) is 54.7 Å². The maximum atomic E-state index is 13.2. The molecule has 0 saturated carbocycles. The lowest BCUT2D eigenvalue weighted by atomic mass is 9.91. The summed E-state index contributed by atoms with van der Waals surface area (Å²) in [7, 11) is 2.02. The number of aliphatic hydroxyl groups is 2. The summed E-state index contributed by atoms with van der Waals surface area (Å²) < 4.78 is 10.5. The molecule has 7 rings (SSSR count). The molecule has 2 aliphatic rings. The number of nitrogens with zero attached hydrogens (tertiary/aromatic N) is 2. The van der Waals surface area contributed by atoms with Gasteiger partial charge in [0.15, 0.2) is 5.72 Å². The second-order valence-electron chi connectivity index (χ2n) is 9.68. The second kappa shape index (κ2) is 6.39. The van der Waals surface area contributed by atoms with Crippen LogP contribution < -0.4 is 5.32 Å². The zero-order valence-electron chi connectivity index (χ0n) is 19.1. The minimum Gasteiger partial charge on any atom is -0.393 e. The molecule has 4 heterocycles. The third kappa shape index (κ3) is 2.11. The van der Waals surface area contributed by atoms with E-state index in [1.54, 1.807) is 0 Å². The van der Waals surface area contributed by atoms with Crippen molar-refractivity contribution >= 4 is 49.5 Å². The minimum absolute atomic E-state index is 0.0646. The number of para-hydroxylation sites is 2. The standard InChI is InChI=1S/C27H25N3O4/c1-26(27(33,14-31)11-12-34-26)30-19-10-6-4-8-16(19)20-17-13-28-25(32)22(17)21-15-7-3-5-9-18(15)29(2)23(21)24(20)30/h3-10,31,33H,11-14H2,1-2H3,(H,28,32)/t26-,27-/m0/s1. The van der Waals surface area contributed by atoms with Crippen LogP contribution in [0.3, 0.4) is 0 Å². The quantitative estimate of drug-likeness (QED) is 0.380. The van der Waals surface area contributed by atoms with E-state index in [4.69, 9.17) is 4.74 Å². The molecule has 0 bridgehead atoms. The highest BCUT2D eigenvalue weighted by molar-refractivity contribution is 6.30. The average Bonchev–Trinajstić information content (AvgIpc) is 3.56. The Bertz CT molecular complexity index is 1700. The molecule has 7 nitrogen and oxygen atoms in total. The SMILES string of the molecule is Cn1c2ccccc2c2c3c(c4c5ccccc5n([C@@]5(C)OCC[C@]5(O)CO)c4c21)CNC3=O. The van der Waals surface area contributed by atoms with Crippen molar-refractivity contribution < 1.29 is 19.7 Å². The van der Waals surface area contributed by atoms with Crippen LogP contribution in [0.4, 0.5) is 0 Å². The Hall–Kier alpha value is -3.39. The molecule has 3 aromatic carbocycles. The van der Waals surface area contributed by atoms with Crippen molar-refractivity contribution in [1.29, 1.82) is 0 Å². The molecule has 5 aromatic rings. The van der Waals surface area contributed by atoms with Crippen molar-refractivity contribution in [3.8, 4) is 0 Å². The summed E-state index contributed by atoms with van der Waals surface area (Å²) in [5, 5.41) is 28.8. The third-order valence-electron chi connectivity index (χ3n) is 8.16. The van der Waals surface area contributed by atoms with E-state index < -0.39 is 17.9 Å². The molecular weight excluding hydrogens is 430 g/mol. The molecule has 0 spiro atoms. The largest absolute Gasteiger partial charge is 0.393 e. The molecule has 3 N–H and O–H groups in total. The van der Waals surface area contributed by atoms with Crippen LogP contribution in [0.15, 0.2) is 48.5 Å². The number of amides is 1. The number of ether oxygens (including phenoxy) is 1. The number of hydrogen-bond donors (Lipinski definition) is 3. The number of carbonyl (C=O) groups is 1. The lowest BCUT2D eigenvalue weighted by molar-refractivity contribution is -0.174. The second-order valence-corrected chi connectivity index (χ2v) is 9.68. The van der Waals surface area contributed by atoms with E-state index in [9.17, 15) is 15.0 Å². The number of aryl methyl sites for hydroxylation is 1. The van der Waals surface area contributed by atoms with Crippen LogP contribution in [-0.2, 0) is 24.1 Å². The first-order chi connectivity index (χ1) is 16.4. The summed E-state index contributed by atoms with van der Waals surface area (Å²) in [5.41, 5.74) is 2.78. The van der Waals surface area contributed by atoms with E-state index in [1.807, 2.05) is 44.3 Å². The first-order valence-corrected chi connectivity index (χ1v) is 11.6. The summed E-state index contributed by atoms with van der Waals surface area (Å²) in [6.45, 7) is 2.22. The first kappa shape index (κ1) is 20.0. The molecule has 2 aromatic heterocycles. The molecular formula is C27H25N3O4. The summed E-state index contributed by atoms with van der Waals surface area (Å²) >= 11 is 0. The maximum absolute atomic E-state index is 13.2. The van der Waals surface area contributed by atoms with Crippen LogP contribution in [0.2, 0.25) is 0 Å². The highest BCUT2D eigenvalue weighted by atomic mass is 16.5. The van der Waals surface area contributed by atoms with Crippen LogP contribution in [-0.4, -0.2) is 44.1 Å². The third-order valence-corrected chi connectivity index (χ3v) is 8.16. The Labute approximate surface area is 195 Å².